The molecule has 0 bridgehead atoms. The van der Waals surface area contributed by atoms with Crippen LogP contribution in [0, 0.1) is 11.3 Å². The highest BCUT2D eigenvalue weighted by atomic mass is 79.9. The van der Waals surface area contributed by atoms with Crippen LogP contribution in [-0.4, -0.2) is 11.5 Å². The summed E-state index contributed by atoms with van der Waals surface area (Å²) in [4.78, 5) is 0.431. The molecule has 21 heavy (non-hydrogen) atoms. The van der Waals surface area contributed by atoms with Gasteiger partial charge in [0.25, 0.3) is 0 Å². The molecule has 0 aliphatic heterocycles. The number of nitrogens with one attached hydrogen (secondary N) is 1. The van der Waals surface area contributed by atoms with E-state index in [1.807, 2.05) is 6.07 Å². The van der Waals surface area contributed by atoms with E-state index in [4.69, 9.17) is 18.0 Å². The number of hydrogen-bond acceptors (Lipinski definition) is 2. The predicted octanol–water partition coefficient (Wildman–Crippen LogP) is 5.10. The van der Waals surface area contributed by atoms with Crippen molar-refractivity contribution in [1.82, 2.24) is 0 Å². The average Bonchev–Trinajstić information content (AvgIpc) is 2.84. The molecular formula is C17H25BrN2S. The van der Waals surface area contributed by atoms with Gasteiger partial charge < -0.3 is 11.1 Å². The van der Waals surface area contributed by atoms with Crippen LogP contribution < -0.4 is 11.1 Å². The molecule has 1 aliphatic carbocycles. The van der Waals surface area contributed by atoms with Gasteiger partial charge in [-0.1, -0.05) is 38.9 Å². The van der Waals surface area contributed by atoms with Crippen LogP contribution in [0.4, 0.5) is 5.69 Å². The number of benzene rings is 1. The second-order valence-corrected chi connectivity index (χ2v) is 8.01. The van der Waals surface area contributed by atoms with E-state index in [1.54, 1.807) is 0 Å². The first kappa shape index (κ1) is 16.8. The average molecular weight is 369 g/mol. The molecule has 2 nitrogen and oxygen atoms in total. The van der Waals surface area contributed by atoms with Gasteiger partial charge in [0.1, 0.15) is 4.99 Å². The maximum absolute atomic E-state index is 5.70. The van der Waals surface area contributed by atoms with Crippen molar-refractivity contribution in [2.24, 2.45) is 17.1 Å². The van der Waals surface area contributed by atoms with Crippen molar-refractivity contribution in [2.75, 3.05) is 11.9 Å². The Labute approximate surface area is 142 Å². The third-order valence-electron chi connectivity index (χ3n) is 4.41. The van der Waals surface area contributed by atoms with Crippen LogP contribution in [-0.2, 0) is 0 Å². The zero-order valence-corrected chi connectivity index (χ0v) is 15.3. The molecular weight excluding hydrogens is 344 g/mol. The Bertz CT molecular complexity index is 508. The fourth-order valence-corrected chi connectivity index (χ4v) is 4.46. The third-order valence-corrected chi connectivity index (χ3v) is 5.28. The fourth-order valence-electron chi connectivity index (χ4n) is 3.56. The van der Waals surface area contributed by atoms with Gasteiger partial charge in [0.05, 0.1) is 0 Å². The molecule has 0 aromatic heterocycles. The number of thiocarbonyl (C=S) groups is 1. The van der Waals surface area contributed by atoms with E-state index in [2.05, 4.69) is 47.2 Å². The molecule has 1 saturated carbocycles. The van der Waals surface area contributed by atoms with Gasteiger partial charge >= 0.3 is 0 Å². The van der Waals surface area contributed by atoms with Crippen molar-refractivity contribution < 1.29 is 0 Å². The van der Waals surface area contributed by atoms with Crippen LogP contribution >= 0.6 is 28.1 Å². The molecule has 0 unspecified atom stereocenters. The second kappa shape index (κ2) is 7.10. The summed E-state index contributed by atoms with van der Waals surface area (Å²) in [5.41, 5.74) is 8.20. The first-order valence-electron chi connectivity index (χ1n) is 7.75. The minimum atomic E-state index is 0.431. The number of rotatable bonds is 6. The van der Waals surface area contributed by atoms with E-state index in [1.165, 1.54) is 32.1 Å². The van der Waals surface area contributed by atoms with Gasteiger partial charge in [0.15, 0.2) is 0 Å². The van der Waals surface area contributed by atoms with Gasteiger partial charge in [0.2, 0.25) is 0 Å². The Morgan fingerprint density at radius 3 is 2.57 bits per heavy atom. The maximum atomic E-state index is 5.70. The van der Waals surface area contributed by atoms with E-state index in [9.17, 15) is 0 Å². The van der Waals surface area contributed by atoms with E-state index >= 15 is 0 Å². The summed E-state index contributed by atoms with van der Waals surface area (Å²) >= 11 is 8.58. The lowest BCUT2D eigenvalue weighted by Crippen LogP contribution is -2.28. The Kier molecular flexibility index (Phi) is 5.67. The summed E-state index contributed by atoms with van der Waals surface area (Å²) in [7, 11) is 0. The normalized spacial score (nSPS) is 17.1. The van der Waals surface area contributed by atoms with Crippen LogP contribution in [0.25, 0.3) is 0 Å². The number of anilines is 1. The standard InChI is InChI=1S/C17H25BrN2S/c1-12(2)10-17(7-3-4-8-17)11-20-13-5-6-14(16(19)21)15(18)9-13/h5-6,9,12,20H,3-4,7-8,10-11H2,1-2H3,(H2,19,21). The van der Waals surface area contributed by atoms with E-state index in [0.717, 1.165) is 28.2 Å². The summed E-state index contributed by atoms with van der Waals surface area (Å²) in [5, 5.41) is 3.63. The maximum Gasteiger partial charge on any atom is 0.105 e. The van der Waals surface area contributed by atoms with Crippen molar-refractivity contribution >= 4 is 38.8 Å². The smallest absolute Gasteiger partial charge is 0.105 e. The largest absolute Gasteiger partial charge is 0.389 e. The predicted molar refractivity (Wildman–Crippen MR) is 98.9 cm³/mol. The lowest BCUT2D eigenvalue weighted by molar-refractivity contribution is 0.252. The summed E-state index contributed by atoms with van der Waals surface area (Å²) in [5.74, 6) is 0.758. The lowest BCUT2D eigenvalue weighted by Gasteiger charge is -2.31. The summed E-state index contributed by atoms with van der Waals surface area (Å²) in [6.07, 6.45) is 6.76. The molecule has 1 aromatic carbocycles. The molecule has 116 valence electrons. The van der Waals surface area contributed by atoms with Crippen LogP contribution in [0.3, 0.4) is 0 Å². The van der Waals surface area contributed by atoms with Crippen molar-refractivity contribution in [3.63, 3.8) is 0 Å². The Hall–Kier alpha value is -0.610. The molecule has 1 fully saturated rings. The quantitative estimate of drug-likeness (QED) is 0.685. The second-order valence-electron chi connectivity index (χ2n) is 6.72. The van der Waals surface area contributed by atoms with Crippen LogP contribution in [0.1, 0.15) is 51.5 Å². The molecule has 3 N–H and O–H groups in total. The molecule has 0 saturated heterocycles. The van der Waals surface area contributed by atoms with Crippen molar-refractivity contribution in [2.45, 2.75) is 46.0 Å². The molecule has 0 spiro atoms. The lowest BCUT2D eigenvalue weighted by atomic mass is 9.78. The van der Waals surface area contributed by atoms with Crippen molar-refractivity contribution in [3.8, 4) is 0 Å². The monoisotopic (exact) mass is 368 g/mol. The van der Waals surface area contributed by atoms with Gasteiger partial charge in [-0.25, -0.2) is 0 Å². The fraction of sp³-hybridized carbons (Fsp3) is 0.588. The van der Waals surface area contributed by atoms with E-state index in [0.29, 0.717) is 10.4 Å². The first-order valence-corrected chi connectivity index (χ1v) is 8.95. The molecule has 4 heteroatoms. The van der Waals surface area contributed by atoms with Crippen LogP contribution in [0.2, 0.25) is 0 Å². The third kappa shape index (κ3) is 4.43. The molecule has 0 heterocycles. The van der Waals surface area contributed by atoms with Gasteiger partial charge in [-0.05, 0) is 64.7 Å². The summed E-state index contributed by atoms with van der Waals surface area (Å²) < 4.78 is 0.962. The zero-order valence-electron chi connectivity index (χ0n) is 12.9. The number of nitrogens with two attached hydrogens (primary N) is 1. The first-order chi connectivity index (χ1) is 9.92. The zero-order chi connectivity index (χ0) is 15.5. The van der Waals surface area contributed by atoms with Gasteiger partial charge in [-0.15, -0.1) is 0 Å². The molecule has 1 aliphatic rings. The summed E-state index contributed by atoms with van der Waals surface area (Å²) in [6, 6.07) is 6.13. The molecule has 1 aromatic rings. The Morgan fingerprint density at radius 2 is 2.05 bits per heavy atom. The highest BCUT2D eigenvalue weighted by Crippen LogP contribution is 2.43. The van der Waals surface area contributed by atoms with Gasteiger partial charge in [0, 0.05) is 22.3 Å². The van der Waals surface area contributed by atoms with Crippen LogP contribution in [0.15, 0.2) is 22.7 Å². The molecule has 2 rings (SSSR count). The van der Waals surface area contributed by atoms with E-state index in [-0.39, 0.29) is 0 Å². The highest BCUT2D eigenvalue weighted by molar-refractivity contribution is 9.10. The summed E-state index contributed by atoms with van der Waals surface area (Å²) in [6.45, 7) is 5.71. The topological polar surface area (TPSA) is 38.0 Å². The minimum Gasteiger partial charge on any atom is -0.389 e. The van der Waals surface area contributed by atoms with Gasteiger partial charge in [-0.2, -0.15) is 0 Å². The van der Waals surface area contributed by atoms with Crippen molar-refractivity contribution in [1.29, 1.82) is 0 Å². The highest BCUT2D eigenvalue weighted by Gasteiger charge is 2.34. The van der Waals surface area contributed by atoms with Crippen LogP contribution in [0.5, 0.6) is 0 Å². The van der Waals surface area contributed by atoms with Crippen molar-refractivity contribution in [3.05, 3.63) is 28.2 Å². The number of hydrogen-bond donors (Lipinski definition) is 2. The molecule has 0 radical (unpaired) electrons. The minimum absolute atomic E-state index is 0.431. The van der Waals surface area contributed by atoms with Gasteiger partial charge in [-0.3, -0.25) is 0 Å². The Morgan fingerprint density at radius 1 is 1.38 bits per heavy atom. The van der Waals surface area contributed by atoms with E-state index < -0.39 is 0 Å². The Balaban J connectivity index is 2.04. The molecule has 0 amide bonds. The SMILES string of the molecule is CC(C)CC1(CNc2ccc(C(N)=S)c(Br)c2)CCCC1. The molecule has 0 atom stereocenters. The number of halogens is 1.